The molecule has 0 saturated heterocycles. The molecule has 4 nitrogen and oxygen atoms in total. The van der Waals surface area contributed by atoms with Gasteiger partial charge in [-0.2, -0.15) is 0 Å². The number of rotatable bonds is 9. The molecule has 0 spiro atoms. The smallest absolute Gasteiger partial charge is 0.296 e. The van der Waals surface area contributed by atoms with Gasteiger partial charge in [0.15, 0.2) is 5.78 Å². The molecular formula is C27H16Cl5F4NO3. The number of carbonyl (C=O) groups excluding carboxylic acids is 3. The van der Waals surface area contributed by atoms with Crippen LogP contribution in [0.4, 0.5) is 23.2 Å². The van der Waals surface area contributed by atoms with Gasteiger partial charge in [-0.25, -0.2) is 17.6 Å². The molecule has 1 fully saturated rings. The van der Waals surface area contributed by atoms with Gasteiger partial charge in [0.1, 0.15) is 16.0 Å². The Kier molecular flexibility index (Phi) is 9.07. The molecular weight excluding hydrogens is 640 g/mol. The average Bonchev–Trinajstić information content (AvgIpc) is 3.46. The van der Waals surface area contributed by atoms with Crippen molar-refractivity contribution in [3.63, 3.8) is 0 Å². The molecule has 0 aliphatic heterocycles. The molecule has 1 aliphatic rings. The first-order chi connectivity index (χ1) is 18.7. The van der Waals surface area contributed by atoms with Crippen molar-refractivity contribution in [2.24, 2.45) is 5.92 Å². The minimum Gasteiger partial charge on any atom is -0.326 e. The Hall–Kier alpha value is -2.36. The van der Waals surface area contributed by atoms with Crippen LogP contribution in [0.25, 0.3) is 0 Å². The summed E-state index contributed by atoms with van der Waals surface area (Å²) in [4.78, 5) is 37.3. The summed E-state index contributed by atoms with van der Waals surface area (Å²) in [6, 6.07) is 10.0. The van der Waals surface area contributed by atoms with E-state index in [0.717, 1.165) is 6.07 Å². The van der Waals surface area contributed by atoms with Gasteiger partial charge in [-0.15, -0.1) is 23.2 Å². The van der Waals surface area contributed by atoms with E-state index in [-0.39, 0.29) is 26.9 Å². The Morgan fingerprint density at radius 1 is 0.825 bits per heavy atom. The maximum absolute atomic E-state index is 14.4. The van der Waals surface area contributed by atoms with Crippen LogP contribution in [0.3, 0.4) is 0 Å². The first-order valence-corrected chi connectivity index (χ1v) is 13.3. The lowest BCUT2D eigenvalue weighted by Crippen LogP contribution is -2.17. The van der Waals surface area contributed by atoms with E-state index in [0.29, 0.717) is 16.7 Å². The molecule has 0 bridgehead atoms. The predicted octanol–water partition coefficient (Wildman–Crippen LogP) is 8.25. The highest BCUT2D eigenvalue weighted by molar-refractivity contribution is 6.53. The number of alkyl halides is 4. The largest absolute Gasteiger partial charge is 0.326 e. The molecule has 3 aromatic rings. The van der Waals surface area contributed by atoms with E-state index in [9.17, 15) is 31.9 Å². The Balaban J connectivity index is 1.51. The summed E-state index contributed by atoms with van der Waals surface area (Å²) in [5, 5.41) is 3.18. The van der Waals surface area contributed by atoms with Gasteiger partial charge in [-0.3, -0.25) is 14.4 Å². The number of hydrogen-bond acceptors (Lipinski definition) is 3. The zero-order valence-electron chi connectivity index (χ0n) is 19.9. The van der Waals surface area contributed by atoms with Crippen molar-refractivity contribution in [3.8, 4) is 0 Å². The van der Waals surface area contributed by atoms with Crippen molar-refractivity contribution in [1.29, 1.82) is 0 Å². The van der Waals surface area contributed by atoms with Crippen LogP contribution in [0.2, 0.25) is 15.1 Å². The van der Waals surface area contributed by atoms with Gasteiger partial charge in [0.05, 0.1) is 21.0 Å². The zero-order chi connectivity index (χ0) is 29.5. The maximum atomic E-state index is 14.4. The SMILES string of the molecule is O=C(Cc1cc(CC(=O)C(F)F)c(F)cc1F)c1cc(NC(=O)[C@H]2[C@H](c3ccc(Cl)c(Cl)c3)C2(Cl)Cl)ccc1Cl. The van der Waals surface area contributed by atoms with Crippen molar-refractivity contribution in [2.45, 2.75) is 29.5 Å². The quantitative estimate of drug-likeness (QED) is 0.144. The van der Waals surface area contributed by atoms with Crippen LogP contribution in [0.1, 0.15) is 33.0 Å². The second-order valence-electron chi connectivity index (χ2n) is 9.07. The predicted molar refractivity (Wildman–Crippen MR) is 146 cm³/mol. The number of hydrogen-bond donors (Lipinski definition) is 1. The fourth-order valence-electron chi connectivity index (χ4n) is 4.26. The van der Waals surface area contributed by atoms with Crippen molar-refractivity contribution in [2.75, 3.05) is 5.32 Å². The lowest BCUT2D eigenvalue weighted by molar-refractivity contribution is -0.128. The summed E-state index contributed by atoms with van der Waals surface area (Å²) in [6.07, 6.45) is -4.93. The van der Waals surface area contributed by atoms with Crippen LogP contribution >= 0.6 is 58.0 Å². The molecule has 0 unspecified atom stereocenters. The Morgan fingerprint density at radius 3 is 2.08 bits per heavy atom. The normalized spacial score (nSPS) is 17.6. The number of halogens is 9. The number of nitrogens with one attached hydrogen (secondary N) is 1. The van der Waals surface area contributed by atoms with Gasteiger partial charge < -0.3 is 5.32 Å². The Morgan fingerprint density at radius 2 is 1.45 bits per heavy atom. The highest BCUT2D eigenvalue weighted by Gasteiger charge is 2.67. The van der Waals surface area contributed by atoms with Gasteiger partial charge in [-0.05, 0) is 53.1 Å². The molecule has 0 heterocycles. The lowest BCUT2D eigenvalue weighted by atomic mass is 9.98. The van der Waals surface area contributed by atoms with Gasteiger partial charge in [-0.1, -0.05) is 40.9 Å². The van der Waals surface area contributed by atoms with Crippen LogP contribution in [0, 0.1) is 17.6 Å². The van der Waals surface area contributed by atoms with E-state index < -0.39 is 70.1 Å². The number of Topliss-reactive ketones (excluding diaryl/α,β-unsaturated/α-hetero) is 2. The fourth-order valence-corrected chi connectivity index (χ4v) is 5.62. The number of ketones is 2. The van der Waals surface area contributed by atoms with Crippen LogP contribution < -0.4 is 5.32 Å². The van der Waals surface area contributed by atoms with Crippen molar-refractivity contribution in [3.05, 3.63) is 97.5 Å². The molecule has 3 aromatic carbocycles. The second kappa shape index (κ2) is 11.9. The Bertz CT molecular complexity index is 1530. The minimum absolute atomic E-state index is 0.0252. The highest BCUT2D eigenvalue weighted by atomic mass is 35.5. The lowest BCUT2D eigenvalue weighted by Gasteiger charge is -2.11. The van der Waals surface area contributed by atoms with Gasteiger partial charge in [0.25, 0.3) is 6.43 Å². The number of anilines is 1. The van der Waals surface area contributed by atoms with E-state index in [2.05, 4.69) is 5.32 Å². The third-order valence-electron chi connectivity index (χ3n) is 6.35. The summed E-state index contributed by atoms with van der Waals surface area (Å²) < 4.78 is 52.2. The molecule has 0 radical (unpaired) electrons. The monoisotopic (exact) mass is 653 g/mol. The van der Waals surface area contributed by atoms with Crippen LogP contribution in [0.15, 0.2) is 48.5 Å². The molecule has 4 rings (SSSR count). The molecule has 1 N–H and O–H groups in total. The first-order valence-electron chi connectivity index (χ1n) is 11.4. The molecule has 2 atom stereocenters. The van der Waals surface area contributed by atoms with Gasteiger partial charge in [0, 0.05) is 36.1 Å². The number of carbonyl (C=O) groups is 3. The second-order valence-corrected chi connectivity index (χ2v) is 11.7. The molecule has 1 saturated carbocycles. The summed E-state index contributed by atoms with van der Waals surface area (Å²) >= 11 is 30.9. The first kappa shape index (κ1) is 30.6. The van der Waals surface area contributed by atoms with Crippen molar-refractivity contribution in [1.82, 2.24) is 0 Å². The van der Waals surface area contributed by atoms with Gasteiger partial charge >= 0.3 is 0 Å². The van der Waals surface area contributed by atoms with E-state index in [1.807, 2.05) is 0 Å². The highest BCUT2D eigenvalue weighted by Crippen LogP contribution is 2.65. The Labute approximate surface area is 250 Å². The van der Waals surface area contributed by atoms with E-state index in [1.165, 1.54) is 18.2 Å². The number of benzene rings is 3. The third-order valence-corrected chi connectivity index (χ3v) is 8.36. The number of amides is 1. The van der Waals surface area contributed by atoms with Crippen LogP contribution in [-0.4, -0.2) is 28.2 Å². The van der Waals surface area contributed by atoms with Crippen molar-refractivity contribution < 1.29 is 31.9 Å². The molecule has 0 aromatic heterocycles. The fraction of sp³-hybridized carbons (Fsp3) is 0.222. The summed E-state index contributed by atoms with van der Waals surface area (Å²) in [5.41, 5.74) is -0.154. The van der Waals surface area contributed by atoms with Crippen LogP contribution in [-0.2, 0) is 22.4 Å². The maximum Gasteiger partial charge on any atom is 0.296 e. The molecule has 210 valence electrons. The van der Waals surface area contributed by atoms with Crippen molar-refractivity contribution >= 4 is 81.2 Å². The molecule has 1 amide bonds. The van der Waals surface area contributed by atoms with E-state index in [1.54, 1.807) is 18.2 Å². The minimum atomic E-state index is -3.33. The summed E-state index contributed by atoms with van der Waals surface area (Å²) in [5.74, 6) is -6.59. The molecule has 40 heavy (non-hydrogen) atoms. The van der Waals surface area contributed by atoms with E-state index >= 15 is 0 Å². The standard InChI is InChI=1S/C27H16Cl5F4NO3/c28-16-4-2-14(37-26(40)24-23(27(24,31)32)11-1-3-17(29)18(30)6-11)9-15(16)21(38)7-12-5-13(8-22(39)25(35)36)20(34)10-19(12)33/h1-6,9-10,23-25H,7-8H2,(H,37,40)/t23-,24+/m0/s1. The summed E-state index contributed by atoms with van der Waals surface area (Å²) in [7, 11) is 0. The van der Waals surface area contributed by atoms with E-state index in [4.69, 9.17) is 58.0 Å². The topological polar surface area (TPSA) is 63.2 Å². The zero-order valence-corrected chi connectivity index (χ0v) is 23.7. The van der Waals surface area contributed by atoms with Crippen LogP contribution in [0.5, 0.6) is 0 Å². The summed E-state index contributed by atoms with van der Waals surface area (Å²) in [6.45, 7) is 0. The van der Waals surface area contributed by atoms with Gasteiger partial charge in [0.2, 0.25) is 11.7 Å². The average molecular weight is 656 g/mol. The molecule has 1 aliphatic carbocycles. The third kappa shape index (κ3) is 6.42. The molecule has 13 heteroatoms.